The second kappa shape index (κ2) is 6.22. The summed E-state index contributed by atoms with van der Waals surface area (Å²) in [4.78, 5) is 16.7. The number of nitrogens with zero attached hydrogens (tertiary/aromatic N) is 2. The number of rotatable bonds is 2. The normalized spacial score (nSPS) is 25.7. The summed E-state index contributed by atoms with van der Waals surface area (Å²) in [5.41, 5.74) is 0.278. The van der Waals surface area contributed by atoms with Crippen LogP contribution in [0, 0.1) is 5.82 Å². The van der Waals surface area contributed by atoms with E-state index in [1.165, 1.54) is 25.3 Å². The minimum atomic E-state index is -0.433. The number of hydrogen-bond donors (Lipinski definition) is 0. The molecule has 2 saturated heterocycles. The molecule has 5 nitrogen and oxygen atoms in total. The molecule has 0 unspecified atom stereocenters. The molecule has 0 bridgehead atoms. The molecule has 2 heterocycles. The number of hydrogen-bond acceptors (Lipinski definition) is 4. The summed E-state index contributed by atoms with van der Waals surface area (Å²) in [5.74, 6) is -0.215. The second-order valence-electron chi connectivity index (χ2n) is 5.84. The van der Waals surface area contributed by atoms with Crippen molar-refractivity contribution in [3.05, 3.63) is 29.6 Å². The first kappa shape index (κ1) is 15.2. The van der Waals surface area contributed by atoms with Gasteiger partial charge in [-0.15, -0.1) is 0 Å². The Hall–Kier alpha value is -1.66. The molecule has 2 atom stereocenters. The predicted molar refractivity (Wildman–Crippen MR) is 79.6 cm³/mol. The summed E-state index contributed by atoms with van der Waals surface area (Å²) in [6, 6.07) is 4.23. The minimum absolute atomic E-state index is 0.178. The lowest BCUT2D eigenvalue weighted by molar-refractivity contribution is -0.0893. The van der Waals surface area contributed by atoms with Crippen LogP contribution in [-0.4, -0.2) is 68.3 Å². The van der Waals surface area contributed by atoms with Crippen LogP contribution in [0.2, 0.25) is 0 Å². The Morgan fingerprint density at radius 2 is 2.23 bits per heavy atom. The molecule has 0 saturated carbocycles. The molecule has 0 N–H and O–H groups in total. The van der Waals surface area contributed by atoms with Crippen molar-refractivity contribution >= 4 is 5.91 Å². The molecule has 3 rings (SSSR count). The van der Waals surface area contributed by atoms with E-state index in [-0.39, 0.29) is 23.6 Å². The van der Waals surface area contributed by atoms with Gasteiger partial charge in [0.05, 0.1) is 31.4 Å². The largest absolute Gasteiger partial charge is 0.496 e. The van der Waals surface area contributed by atoms with E-state index in [1.54, 1.807) is 4.90 Å². The van der Waals surface area contributed by atoms with Crippen LogP contribution in [0.5, 0.6) is 5.75 Å². The van der Waals surface area contributed by atoms with Crippen LogP contribution in [0.3, 0.4) is 0 Å². The van der Waals surface area contributed by atoms with E-state index in [1.807, 2.05) is 0 Å². The highest BCUT2D eigenvalue weighted by atomic mass is 19.1. The van der Waals surface area contributed by atoms with Crippen molar-refractivity contribution < 1.29 is 18.7 Å². The third kappa shape index (κ3) is 2.80. The van der Waals surface area contributed by atoms with Crippen molar-refractivity contribution in [1.82, 2.24) is 9.80 Å². The molecule has 120 valence electrons. The van der Waals surface area contributed by atoms with E-state index in [2.05, 4.69) is 11.9 Å². The molecule has 0 aromatic heterocycles. The lowest BCUT2D eigenvalue weighted by Gasteiger charge is -2.45. The van der Waals surface area contributed by atoms with Crippen molar-refractivity contribution in [2.45, 2.75) is 18.6 Å². The number of ether oxygens (including phenoxy) is 2. The van der Waals surface area contributed by atoms with Crippen LogP contribution >= 0.6 is 0 Å². The molecular weight excluding hydrogens is 287 g/mol. The van der Waals surface area contributed by atoms with E-state index in [4.69, 9.17) is 9.47 Å². The number of likely N-dealkylation sites (tertiary alicyclic amines) is 1. The number of methoxy groups -OCH3 is 1. The van der Waals surface area contributed by atoms with Gasteiger partial charge in [-0.2, -0.15) is 0 Å². The average Bonchev–Trinajstić information content (AvgIpc) is 2.54. The van der Waals surface area contributed by atoms with Gasteiger partial charge in [0.1, 0.15) is 11.6 Å². The molecule has 1 amide bonds. The van der Waals surface area contributed by atoms with E-state index < -0.39 is 5.82 Å². The molecule has 2 aliphatic rings. The van der Waals surface area contributed by atoms with Crippen LogP contribution in [0.4, 0.5) is 4.39 Å². The second-order valence-corrected chi connectivity index (χ2v) is 5.84. The molecule has 22 heavy (non-hydrogen) atoms. The maximum atomic E-state index is 13.5. The first-order valence-electron chi connectivity index (χ1n) is 7.55. The van der Waals surface area contributed by atoms with Crippen LogP contribution in [0.1, 0.15) is 16.8 Å². The fourth-order valence-electron chi connectivity index (χ4n) is 3.24. The maximum Gasteiger partial charge on any atom is 0.257 e. The number of carbonyl (C=O) groups is 1. The van der Waals surface area contributed by atoms with Crippen LogP contribution in [0.25, 0.3) is 0 Å². The van der Waals surface area contributed by atoms with Crippen molar-refractivity contribution in [2.75, 3.05) is 40.4 Å². The Labute approximate surface area is 129 Å². The van der Waals surface area contributed by atoms with Gasteiger partial charge in [-0.3, -0.25) is 9.69 Å². The topological polar surface area (TPSA) is 42.0 Å². The minimum Gasteiger partial charge on any atom is -0.496 e. The zero-order valence-electron chi connectivity index (χ0n) is 12.9. The van der Waals surface area contributed by atoms with Gasteiger partial charge in [0, 0.05) is 19.6 Å². The lowest BCUT2D eigenvalue weighted by Crippen LogP contribution is -2.59. The lowest BCUT2D eigenvalue weighted by atomic mass is 9.98. The highest BCUT2D eigenvalue weighted by Crippen LogP contribution is 2.26. The Balaban J connectivity index is 1.79. The molecule has 1 aromatic rings. The summed E-state index contributed by atoms with van der Waals surface area (Å²) in [6.07, 6.45) is 0.982. The van der Waals surface area contributed by atoms with Gasteiger partial charge in [0.15, 0.2) is 0 Å². The molecule has 0 radical (unpaired) electrons. The number of morpholine rings is 1. The molecule has 6 heteroatoms. The predicted octanol–water partition coefficient (Wildman–Crippen LogP) is 1.38. The Bertz CT molecular complexity index is 566. The Kier molecular flexibility index (Phi) is 4.31. The zero-order valence-corrected chi connectivity index (χ0v) is 12.9. The van der Waals surface area contributed by atoms with Gasteiger partial charge in [-0.25, -0.2) is 4.39 Å². The summed E-state index contributed by atoms with van der Waals surface area (Å²) in [6.45, 7) is 2.82. The Morgan fingerprint density at radius 1 is 1.41 bits per heavy atom. The molecule has 0 aliphatic carbocycles. The standard InChI is InChI=1S/C16H21FN2O3/c1-18-7-8-22-15-5-6-19(10-13(15)18)16(20)12-9-11(17)3-4-14(12)21-2/h3-4,9,13,15H,5-8,10H2,1-2H3/t13-,15+/m0/s1. The summed E-state index contributed by atoms with van der Waals surface area (Å²) in [5, 5.41) is 0. The zero-order chi connectivity index (χ0) is 15.7. The van der Waals surface area contributed by atoms with E-state index in [0.29, 0.717) is 18.8 Å². The molecule has 2 fully saturated rings. The van der Waals surface area contributed by atoms with Gasteiger partial charge in [0.2, 0.25) is 0 Å². The number of piperidine rings is 1. The number of fused-ring (bicyclic) bond motifs is 1. The number of carbonyl (C=O) groups excluding carboxylic acids is 1. The van der Waals surface area contributed by atoms with Crippen LogP contribution < -0.4 is 4.74 Å². The Morgan fingerprint density at radius 3 is 3.00 bits per heavy atom. The first-order valence-corrected chi connectivity index (χ1v) is 7.55. The highest BCUT2D eigenvalue weighted by molar-refractivity contribution is 5.97. The van der Waals surface area contributed by atoms with Gasteiger partial charge in [-0.1, -0.05) is 0 Å². The third-order valence-electron chi connectivity index (χ3n) is 4.54. The van der Waals surface area contributed by atoms with Gasteiger partial charge in [0.25, 0.3) is 5.91 Å². The average molecular weight is 308 g/mol. The smallest absolute Gasteiger partial charge is 0.257 e. The van der Waals surface area contributed by atoms with E-state index in [9.17, 15) is 9.18 Å². The molecule has 2 aliphatic heterocycles. The number of benzene rings is 1. The van der Waals surface area contributed by atoms with Gasteiger partial charge in [-0.05, 0) is 31.7 Å². The monoisotopic (exact) mass is 308 g/mol. The quantitative estimate of drug-likeness (QED) is 0.828. The molecule has 1 aromatic carbocycles. The first-order chi connectivity index (χ1) is 10.6. The van der Waals surface area contributed by atoms with E-state index in [0.717, 1.165) is 19.6 Å². The van der Waals surface area contributed by atoms with Gasteiger partial charge < -0.3 is 14.4 Å². The van der Waals surface area contributed by atoms with Gasteiger partial charge >= 0.3 is 0 Å². The highest BCUT2D eigenvalue weighted by Gasteiger charge is 2.37. The fraction of sp³-hybridized carbons (Fsp3) is 0.562. The summed E-state index contributed by atoms with van der Waals surface area (Å²) >= 11 is 0. The van der Waals surface area contributed by atoms with Crippen LogP contribution in [-0.2, 0) is 4.74 Å². The number of amides is 1. The van der Waals surface area contributed by atoms with E-state index >= 15 is 0 Å². The van der Waals surface area contributed by atoms with Crippen molar-refractivity contribution in [2.24, 2.45) is 0 Å². The summed E-state index contributed by atoms with van der Waals surface area (Å²) in [7, 11) is 3.54. The van der Waals surface area contributed by atoms with Crippen LogP contribution in [0.15, 0.2) is 18.2 Å². The van der Waals surface area contributed by atoms with Crippen molar-refractivity contribution in [3.8, 4) is 5.75 Å². The van der Waals surface area contributed by atoms with Crippen molar-refractivity contribution in [3.63, 3.8) is 0 Å². The third-order valence-corrected chi connectivity index (χ3v) is 4.54. The summed E-state index contributed by atoms with van der Waals surface area (Å²) < 4.78 is 24.5. The molecule has 0 spiro atoms. The maximum absolute atomic E-state index is 13.5. The molecular formula is C16H21FN2O3. The fourth-order valence-corrected chi connectivity index (χ4v) is 3.24. The number of likely N-dealkylation sites (N-methyl/N-ethyl adjacent to an activating group) is 1. The SMILES string of the molecule is COc1ccc(F)cc1C(=O)N1CC[C@H]2OCCN(C)[C@H]2C1. The van der Waals surface area contributed by atoms with Crippen molar-refractivity contribution in [1.29, 1.82) is 0 Å². The number of halogens is 1.